The molecule has 1 saturated heterocycles. The van der Waals surface area contributed by atoms with Crippen LogP contribution in [-0.4, -0.2) is 36.7 Å². The number of nitrogens with one attached hydrogen (secondary N) is 1. The van der Waals surface area contributed by atoms with Crippen molar-refractivity contribution < 1.29 is 0 Å². The summed E-state index contributed by atoms with van der Waals surface area (Å²) in [5.74, 6) is 3.35. The maximum atomic E-state index is 4.50. The summed E-state index contributed by atoms with van der Waals surface area (Å²) in [6.45, 7) is 4.39. The van der Waals surface area contributed by atoms with Crippen LogP contribution in [-0.2, 0) is 0 Å². The third-order valence-electron chi connectivity index (χ3n) is 2.82. The average Bonchev–Trinajstić information content (AvgIpc) is 2.82. The molecule has 0 amide bonds. The van der Waals surface area contributed by atoms with E-state index in [4.69, 9.17) is 0 Å². The highest BCUT2D eigenvalue weighted by Gasteiger charge is 2.32. The van der Waals surface area contributed by atoms with Gasteiger partial charge in [-0.1, -0.05) is 6.92 Å². The Morgan fingerprint density at radius 3 is 2.92 bits per heavy atom. The molecule has 1 heterocycles. The number of thioether (sulfide) groups is 1. The first-order valence-electron chi connectivity index (χ1n) is 5.37. The van der Waals surface area contributed by atoms with Crippen LogP contribution >= 0.6 is 11.8 Å². The molecule has 2 aliphatic rings. The Labute approximate surface area is 85.2 Å². The molecule has 0 aromatic carbocycles. The molecule has 3 heteroatoms. The van der Waals surface area contributed by atoms with Crippen molar-refractivity contribution in [1.29, 1.82) is 0 Å². The van der Waals surface area contributed by atoms with Crippen LogP contribution in [0.4, 0.5) is 0 Å². The Morgan fingerprint density at radius 1 is 1.38 bits per heavy atom. The summed E-state index contributed by atoms with van der Waals surface area (Å²) in [5, 5.41) is 8.21. The summed E-state index contributed by atoms with van der Waals surface area (Å²) in [4.78, 5) is 0. The monoisotopic (exact) mass is 199 g/mol. The molecule has 1 saturated carbocycles. The van der Waals surface area contributed by atoms with Gasteiger partial charge in [0.2, 0.25) is 0 Å². The van der Waals surface area contributed by atoms with E-state index in [-0.39, 0.29) is 0 Å². The zero-order valence-corrected chi connectivity index (χ0v) is 9.15. The molecule has 2 unspecified atom stereocenters. The van der Waals surface area contributed by atoms with Crippen LogP contribution in [0.1, 0.15) is 19.8 Å². The largest absolute Gasteiger partial charge is 0.310 e. The lowest BCUT2D eigenvalue weighted by atomic mass is 10.1. The summed E-state index contributed by atoms with van der Waals surface area (Å²) in [6, 6.07) is 1.54. The summed E-state index contributed by atoms with van der Waals surface area (Å²) >= 11 is 2.06. The number of nitrogens with zero attached hydrogens (tertiary/aromatic N) is 1. The average molecular weight is 199 g/mol. The standard InChI is InChI=1S/C10H19N2S/c1-2-13-7-8-5-11-6-10(8)12-9-3-4-9/h8-10,12H,2-7H2,1H3. The second-order valence-corrected chi connectivity index (χ2v) is 5.37. The van der Waals surface area contributed by atoms with E-state index in [2.05, 4.69) is 29.3 Å². The van der Waals surface area contributed by atoms with Crippen LogP contribution < -0.4 is 10.6 Å². The van der Waals surface area contributed by atoms with E-state index in [1.807, 2.05) is 0 Å². The lowest BCUT2D eigenvalue weighted by Crippen LogP contribution is -2.38. The third-order valence-corrected chi connectivity index (χ3v) is 3.89. The summed E-state index contributed by atoms with van der Waals surface area (Å²) in [5.41, 5.74) is 0. The molecule has 75 valence electrons. The molecule has 0 aromatic rings. The molecule has 2 nitrogen and oxygen atoms in total. The number of hydrogen-bond acceptors (Lipinski definition) is 2. The fourth-order valence-corrected chi connectivity index (χ4v) is 2.71. The van der Waals surface area contributed by atoms with Crippen molar-refractivity contribution in [2.24, 2.45) is 5.92 Å². The topological polar surface area (TPSA) is 26.1 Å². The van der Waals surface area contributed by atoms with E-state index in [1.165, 1.54) is 24.3 Å². The molecule has 1 aliphatic heterocycles. The van der Waals surface area contributed by atoms with Crippen molar-refractivity contribution in [2.75, 3.05) is 24.6 Å². The SMILES string of the molecule is CCSCC1C[N]CC1NC1CC1. The van der Waals surface area contributed by atoms with Crippen molar-refractivity contribution in [1.82, 2.24) is 10.6 Å². The van der Waals surface area contributed by atoms with Crippen LogP contribution in [0, 0.1) is 5.92 Å². The predicted octanol–water partition coefficient (Wildman–Crippen LogP) is 1.09. The van der Waals surface area contributed by atoms with Crippen molar-refractivity contribution >= 4 is 11.8 Å². The van der Waals surface area contributed by atoms with E-state index < -0.39 is 0 Å². The lowest BCUT2D eigenvalue weighted by molar-refractivity contribution is 0.457. The Balaban J connectivity index is 1.72. The van der Waals surface area contributed by atoms with Gasteiger partial charge in [0, 0.05) is 25.2 Å². The third kappa shape index (κ3) is 2.86. The Bertz CT molecular complexity index is 159. The molecule has 2 fully saturated rings. The summed E-state index contributed by atoms with van der Waals surface area (Å²) in [7, 11) is 0. The molecule has 13 heavy (non-hydrogen) atoms. The summed E-state index contributed by atoms with van der Waals surface area (Å²) < 4.78 is 0. The highest BCUT2D eigenvalue weighted by atomic mass is 32.2. The molecule has 2 atom stereocenters. The van der Waals surface area contributed by atoms with E-state index in [1.54, 1.807) is 0 Å². The minimum atomic E-state index is 0.701. The highest BCUT2D eigenvalue weighted by molar-refractivity contribution is 7.99. The lowest BCUT2D eigenvalue weighted by Gasteiger charge is -2.18. The molecular weight excluding hydrogens is 180 g/mol. The second-order valence-electron chi connectivity index (χ2n) is 4.06. The van der Waals surface area contributed by atoms with Crippen molar-refractivity contribution in [3.8, 4) is 0 Å². The summed E-state index contributed by atoms with van der Waals surface area (Å²) in [6.07, 6.45) is 2.79. The quantitative estimate of drug-likeness (QED) is 0.717. The fourth-order valence-electron chi connectivity index (χ4n) is 1.84. The predicted molar refractivity (Wildman–Crippen MR) is 58.3 cm³/mol. The van der Waals surface area contributed by atoms with E-state index in [0.717, 1.165) is 25.0 Å². The first-order chi connectivity index (χ1) is 6.40. The molecule has 1 N–H and O–H groups in total. The minimum absolute atomic E-state index is 0.701. The van der Waals surface area contributed by atoms with Crippen LogP contribution in [0.5, 0.6) is 0 Å². The molecular formula is C10H19N2S. The molecule has 1 aliphatic carbocycles. The van der Waals surface area contributed by atoms with Crippen LogP contribution in [0.3, 0.4) is 0 Å². The van der Waals surface area contributed by atoms with Gasteiger partial charge in [-0.3, -0.25) is 0 Å². The van der Waals surface area contributed by atoms with E-state index >= 15 is 0 Å². The van der Waals surface area contributed by atoms with Crippen LogP contribution in [0.2, 0.25) is 0 Å². The molecule has 2 rings (SSSR count). The highest BCUT2D eigenvalue weighted by Crippen LogP contribution is 2.24. The van der Waals surface area contributed by atoms with Gasteiger partial charge in [-0.15, -0.1) is 0 Å². The number of rotatable bonds is 5. The second kappa shape index (κ2) is 4.67. The van der Waals surface area contributed by atoms with Gasteiger partial charge in [-0.25, -0.2) is 5.32 Å². The normalized spacial score (nSPS) is 33.9. The van der Waals surface area contributed by atoms with Crippen molar-refractivity contribution in [2.45, 2.75) is 31.8 Å². The van der Waals surface area contributed by atoms with Crippen LogP contribution in [0.25, 0.3) is 0 Å². The zero-order valence-electron chi connectivity index (χ0n) is 8.33. The number of hydrogen-bond donors (Lipinski definition) is 1. The van der Waals surface area contributed by atoms with Gasteiger partial charge in [-0.2, -0.15) is 11.8 Å². The van der Waals surface area contributed by atoms with Gasteiger partial charge in [0.15, 0.2) is 0 Å². The minimum Gasteiger partial charge on any atom is -0.310 e. The van der Waals surface area contributed by atoms with Gasteiger partial charge in [0.1, 0.15) is 0 Å². The molecule has 1 radical (unpaired) electrons. The Morgan fingerprint density at radius 2 is 2.23 bits per heavy atom. The van der Waals surface area contributed by atoms with Gasteiger partial charge in [0.05, 0.1) is 0 Å². The van der Waals surface area contributed by atoms with Crippen molar-refractivity contribution in [3.05, 3.63) is 0 Å². The first kappa shape index (κ1) is 9.81. The van der Waals surface area contributed by atoms with Crippen molar-refractivity contribution in [3.63, 3.8) is 0 Å². The Kier molecular flexibility index (Phi) is 3.52. The molecule has 0 bridgehead atoms. The van der Waals surface area contributed by atoms with Gasteiger partial charge in [-0.05, 0) is 30.3 Å². The fraction of sp³-hybridized carbons (Fsp3) is 1.00. The van der Waals surface area contributed by atoms with Gasteiger partial charge >= 0.3 is 0 Å². The Hall–Kier alpha value is 0.270. The maximum Gasteiger partial charge on any atom is 0.0291 e. The van der Waals surface area contributed by atoms with Gasteiger partial charge in [0.25, 0.3) is 0 Å². The van der Waals surface area contributed by atoms with Crippen LogP contribution in [0.15, 0.2) is 0 Å². The zero-order chi connectivity index (χ0) is 9.10. The molecule has 0 aromatic heterocycles. The van der Waals surface area contributed by atoms with E-state index in [0.29, 0.717) is 6.04 Å². The molecule has 0 spiro atoms. The maximum absolute atomic E-state index is 4.50. The van der Waals surface area contributed by atoms with Gasteiger partial charge < -0.3 is 5.32 Å². The smallest absolute Gasteiger partial charge is 0.0291 e. The first-order valence-corrected chi connectivity index (χ1v) is 6.52. The van der Waals surface area contributed by atoms with E-state index in [9.17, 15) is 0 Å².